The summed E-state index contributed by atoms with van der Waals surface area (Å²) in [5.41, 5.74) is 0.742. The molecule has 0 aliphatic heterocycles. The van der Waals surface area contributed by atoms with Crippen molar-refractivity contribution in [3.8, 4) is 11.8 Å². The summed E-state index contributed by atoms with van der Waals surface area (Å²) in [5.74, 6) is 6.25. The molecule has 0 saturated carbocycles. The molecule has 0 bridgehead atoms. The fraction of sp³-hybridized carbons (Fsp3) is 0.385. The third-order valence-electron chi connectivity index (χ3n) is 1.85. The van der Waals surface area contributed by atoms with Gasteiger partial charge in [0.15, 0.2) is 0 Å². The molecule has 1 rings (SSSR count). The van der Waals surface area contributed by atoms with E-state index in [0.717, 1.165) is 5.56 Å². The summed E-state index contributed by atoms with van der Waals surface area (Å²) in [6, 6.07) is 9.82. The fourth-order valence-corrected chi connectivity index (χ4v) is 1.04. The average molecular weight is 223 g/mol. The van der Waals surface area contributed by atoms with Gasteiger partial charge in [-0.15, -0.1) is 0 Å². The minimum Gasteiger partial charge on any atom is -0.350 e. The zero-order valence-corrected chi connectivity index (χ0v) is 9.79. The third-order valence-corrected chi connectivity index (χ3v) is 2.48. The van der Waals surface area contributed by atoms with Gasteiger partial charge in [-0.1, -0.05) is 55.5 Å². The van der Waals surface area contributed by atoms with E-state index in [1.165, 1.54) is 0 Å². The molecule has 0 aliphatic carbocycles. The molecule has 1 unspecified atom stereocenters. The maximum absolute atomic E-state index is 5.91. The SMILES string of the molecule is CC(C)C(Cl)OCC#Cc1ccccc1. The van der Waals surface area contributed by atoms with Gasteiger partial charge in [-0.05, 0) is 18.1 Å². The fourth-order valence-electron chi connectivity index (χ4n) is 0.973. The number of hydrogen-bond donors (Lipinski definition) is 0. The van der Waals surface area contributed by atoms with Crippen LogP contribution < -0.4 is 0 Å². The summed E-state index contributed by atoms with van der Waals surface area (Å²) in [4.78, 5) is 0. The number of ether oxygens (including phenoxy) is 1. The van der Waals surface area contributed by atoms with Crippen LogP contribution in [0.4, 0.5) is 0 Å². The smallest absolute Gasteiger partial charge is 0.134 e. The molecule has 0 aliphatic rings. The average Bonchev–Trinajstić information content (AvgIpc) is 2.25. The van der Waals surface area contributed by atoms with Crippen LogP contribution in [-0.4, -0.2) is 12.2 Å². The summed E-state index contributed by atoms with van der Waals surface area (Å²) in [5, 5.41) is 0. The highest BCUT2D eigenvalue weighted by Crippen LogP contribution is 2.09. The number of halogens is 1. The van der Waals surface area contributed by atoms with E-state index in [9.17, 15) is 0 Å². The Morgan fingerprint density at radius 1 is 1.27 bits per heavy atom. The van der Waals surface area contributed by atoms with Crippen molar-refractivity contribution in [2.24, 2.45) is 5.92 Å². The van der Waals surface area contributed by atoms with E-state index in [1.54, 1.807) is 0 Å². The summed E-state index contributed by atoms with van der Waals surface area (Å²) in [6.07, 6.45) is 0. The normalized spacial score (nSPS) is 12.0. The summed E-state index contributed by atoms with van der Waals surface area (Å²) in [6.45, 7) is 4.41. The van der Waals surface area contributed by atoms with E-state index >= 15 is 0 Å². The second kappa shape index (κ2) is 6.50. The van der Waals surface area contributed by atoms with Crippen molar-refractivity contribution in [1.82, 2.24) is 0 Å². The first-order valence-corrected chi connectivity index (χ1v) is 5.43. The Kier molecular flexibility index (Phi) is 5.25. The Labute approximate surface area is 96.4 Å². The van der Waals surface area contributed by atoms with Crippen LogP contribution in [0, 0.1) is 17.8 Å². The van der Waals surface area contributed by atoms with Crippen LogP contribution in [0.25, 0.3) is 0 Å². The van der Waals surface area contributed by atoms with Gasteiger partial charge in [-0.2, -0.15) is 0 Å². The lowest BCUT2D eigenvalue weighted by molar-refractivity contribution is 0.105. The van der Waals surface area contributed by atoms with Crippen molar-refractivity contribution in [2.75, 3.05) is 6.61 Å². The van der Waals surface area contributed by atoms with E-state index in [2.05, 4.69) is 11.8 Å². The van der Waals surface area contributed by atoms with Gasteiger partial charge < -0.3 is 4.74 Å². The summed E-state index contributed by atoms with van der Waals surface area (Å²) in [7, 11) is 0. The molecule has 1 atom stereocenters. The number of alkyl halides is 1. The van der Waals surface area contributed by atoms with Gasteiger partial charge in [0.2, 0.25) is 0 Å². The molecule has 0 heterocycles. The predicted molar refractivity (Wildman–Crippen MR) is 63.8 cm³/mol. The van der Waals surface area contributed by atoms with Gasteiger partial charge in [-0.25, -0.2) is 0 Å². The van der Waals surface area contributed by atoms with Crippen LogP contribution in [0.15, 0.2) is 30.3 Å². The molecule has 0 aromatic heterocycles. The highest BCUT2D eigenvalue weighted by Gasteiger charge is 2.07. The van der Waals surface area contributed by atoms with Gasteiger partial charge in [0, 0.05) is 5.56 Å². The molecule has 2 heteroatoms. The van der Waals surface area contributed by atoms with Crippen molar-refractivity contribution in [1.29, 1.82) is 0 Å². The second-order valence-corrected chi connectivity index (χ2v) is 4.00. The van der Waals surface area contributed by atoms with Gasteiger partial charge in [0.1, 0.15) is 12.2 Å². The van der Waals surface area contributed by atoms with Crippen molar-refractivity contribution in [3.05, 3.63) is 35.9 Å². The van der Waals surface area contributed by atoms with Gasteiger partial charge in [0.05, 0.1) is 0 Å². The van der Waals surface area contributed by atoms with Crippen LogP contribution in [-0.2, 0) is 4.74 Å². The zero-order chi connectivity index (χ0) is 11.1. The van der Waals surface area contributed by atoms with E-state index in [1.807, 2.05) is 44.2 Å². The molecule has 0 N–H and O–H groups in total. The van der Waals surface area contributed by atoms with E-state index in [0.29, 0.717) is 12.5 Å². The second-order valence-electron chi connectivity index (χ2n) is 3.57. The molecular formula is C13H15ClO. The molecule has 0 saturated heterocycles. The lowest BCUT2D eigenvalue weighted by atomic mass is 10.2. The Morgan fingerprint density at radius 3 is 2.53 bits per heavy atom. The first kappa shape index (κ1) is 12.1. The maximum Gasteiger partial charge on any atom is 0.134 e. The highest BCUT2D eigenvalue weighted by atomic mass is 35.5. The quantitative estimate of drug-likeness (QED) is 0.564. The van der Waals surface area contributed by atoms with Crippen LogP contribution in [0.2, 0.25) is 0 Å². The topological polar surface area (TPSA) is 9.23 Å². The lowest BCUT2D eigenvalue weighted by Gasteiger charge is -2.11. The molecular weight excluding hydrogens is 208 g/mol. The molecule has 1 aromatic carbocycles. The zero-order valence-electron chi connectivity index (χ0n) is 9.03. The predicted octanol–water partition coefficient (Wildman–Crippen LogP) is 3.28. The molecule has 0 spiro atoms. The molecule has 0 amide bonds. The first-order valence-electron chi connectivity index (χ1n) is 4.99. The minimum absolute atomic E-state index is 0.255. The van der Waals surface area contributed by atoms with E-state index in [4.69, 9.17) is 16.3 Å². The van der Waals surface area contributed by atoms with Crippen LogP contribution in [0.3, 0.4) is 0 Å². The van der Waals surface area contributed by atoms with Gasteiger partial charge in [0.25, 0.3) is 0 Å². The van der Waals surface area contributed by atoms with Crippen LogP contribution >= 0.6 is 11.6 Å². The standard InChI is InChI=1S/C13H15ClO/c1-11(2)13(14)15-10-6-9-12-7-4-3-5-8-12/h3-5,7-8,11,13H,10H2,1-2H3. The lowest BCUT2D eigenvalue weighted by Crippen LogP contribution is -2.12. The van der Waals surface area contributed by atoms with Crippen LogP contribution in [0.5, 0.6) is 0 Å². The minimum atomic E-state index is -0.255. The summed E-state index contributed by atoms with van der Waals surface area (Å²) >= 11 is 5.91. The van der Waals surface area contributed by atoms with Crippen molar-refractivity contribution >= 4 is 11.6 Å². The monoisotopic (exact) mass is 222 g/mol. The van der Waals surface area contributed by atoms with E-state index in [-0.39, 0.29) is 5.56 Å². The molecule has 80 valence electrons. The number of hydrogen-bond acceptors (Lipinski definition) is 1. The number of benzene rings is 1. The van der Waals surface area contributed by atoms with Gasteiger partial charge >= 0.3 is 0 Å². The highest BCUT2D eigenvalue weighted by molar-refractivity contribution is 6.19. The van der Waals surface area contributed by atoms with Crippen molar-refractivity contribution in [3.63, 3.8) is 0 Å². The van der Waals surface area contributed by atoms with E-state index < -0.39 is 0 Å². The largest absolute Gasteiger partial charge is 0.350 e. The van der Waals surface area contributed by atoms with Crippen molar-refractivity contribution < 1.29 is 4.74 Å². The molecule has 1 aromatic rings. The Hall–Kier alpha value is -0.970. The van der Waals surface area contributed by atoms with Gasteiger partial charge in [-0.3, -0.25) is 0 Å². The molecule has 15 heavy (non-hydrogen) atoms. The molecule has 1 nitrogen and oxygen atoms in total. The van der Waals surface area contributed by atoms with Crippen LogP contribution in [0.1, 0.15) is 19.4 Å². The maximum atomic E-state index is 5.91. The Balaban J connectivity index is 2.35. The molecule has 0 fully saturated rings. The third kappa shape index (κ3) is 4.88. The Bertz CT molecular complexity index is 335. The Morgan fingerprint density at radius 2 is 1.93 bits per heavy atom. The number of rotatable bonds is 3. The summed E-state index contributed by atoms with van der Waals surface area (Å²) < 4.78 is 5.32. The molecule has 0 radical (unpaired) electrons. The first-order chi connectivity index (χ1) is 7.20. The van der Waals surface area contributed by atoms with Crippen molar-refractivity contribution in [2.45, 2.75) is 19.4 Å².